The highest BCUT2D eigenvalue weighted by Crippen LogP contribution is 1.94. The van der Waals surface area contributed by atoms with E-state index < -0.39 is 0 Å². The normalized spacial score (nSPS) is 9.12. The molecule has 4 heteroatoms. The zero-order chi connectivity index (χ0) is 5.98. The molecule has 0 spiro atoms. The lowest BCUT2D eigenvalue weighted by molar-refractivity contribution is 0.399. The number of hydrogen-bond acceptors (Lipinski definition) is 2. The molecule has 8 heavy (non-hydrogen) atoms. The number of rotatable bonds is 1. The highest BCUT2D eigenvalue weighted by Gasteiger charge is 1.88. The Morgan fingerprint density at radius 1 is 1.75 bits per heavy atom. The largest absolute Gasteiger partial charge is 0.481 e. The summed E-state index contributed by atoms with van der Waals surface area (Å²) in [5, 5.41) is 0. The molecular weight excluding hydrogens is 108 g/mol. The molecule has 0 unspecified atom stereocenters. The Morgan fingerprint density at radius 2 is 2.50 bits per heavy atom. The lowest BCUT2D eigenvalue weighted by Crippen LogP contribution is -1.99. The van der Waals surface area contributed by atoms with E-state index in [1.165, 1.54) is 13.3 Å². The molecule has 0 amide bonds. The van der Waals surface area contributed by atoms with Crippen molar-refractivity contribution in [3.63, 3.8) is 0 Å². The Bertz CT molecular complexity index is 212. The zero-order valence-electron chi connectivity index (χ0n) is 4.39. The number of aromatic nitrogens is 2. The molecule has 1 rings (SSSR count). The molecule has 0 aromatic carbocycles. The SMILES string of the molecule is COc1c[nH]c(=O)[nH]1. The van der Waals surface area contributed by atoms with E-state index in [2.05, 4.69) is 14.7 Å². The molecule has 0 radical (unpaired) electrons. The van der Waals surface area contributed by atoms with Crippen LogP contribution in [0.25, 0.3) is 0 Å². The van der Waals surface area contributed by atoms with Crippen molar-refractivity contribution in [3.05, 3.63) is 16.7 Å². The van der Waals surface area contributed by atoms with Gasteiger partial charge in [-0.15, -0.1) is 0 Å². The average molecular weight is 114 g/mol. The topological polar surface area (TPSA) is 57.9 Å². The molecule has 44 valence electrons. The molecule has 0 atom stereocenters. The van der Waals surface area contributed by atoms with Gasteiger partial charge in [-0.3, -0.25) is 4.98 Å². The summed E-state index contributed by atoms with van der Waals surface area (Å²) in [4.78, 5) is 15.0. The molecule has 1 aromatic rings. The van der Waals surface area contributed by atoms with Crippen LogP contribution in [-0.4, -0.2) is 17.1 Å². The summed E-state index contributed by atoms with van der Waals surface area (Å²) in [5.41, 5.74) is -0.248. The summed E-state index contributed by atoms with van der Waals surface area (Å²) < 4.78 is 4.65. The van der Waals surface area contributed by atoms with Crippen LogP contribution >= 0.6 is 0 Å². The van der Waals surface area contributed by atoms with E-state index >= 15 is 0 Å². The van der Waals surface area contributed by atoms with Crippen LogP contribution in [-0.2, 0) is 0 Å². The number of nitrogens with one attached hydrogen (secondary N) is 2. The maximum atomic E-state index is 10.3. The standard InChI is InChI=1S/C4H6N2O2/c1-8-3-2-5-4(7)6-3/h2H,1H3,(H2,5,6,7). The van der Waals surface area contributed by atoms with E-state index in [0.29, 0.717) is 5.88 Å². The monoisotopic (exact) mass is 114 g/mol. The van der Waals surface area contributed by atoms with E-state index in [9.17, 15) is 4.79 Å². The van der Waals surface area contributed by atoms with Gasteiger partial charge in [-0.2, -0.15) is 0 Å². The van der Waals surface area contributed by atoms with Gasteiger partial charge in [0, 0.05) is 0 Å². The minimum atomic E-state index is -0.248. The predicted octanol–water partition coefficient (Wildman–Crippen LogP) is -0.288. The van der Waals surface area contributed by atoms with Crippen molar-refractivity contribution in [2.45, 2.75) is 0 Å². The van der Waals surface area contributed by atoms with Crippen LogP contribution in [0.5, 0.6) is 5.88 Å². The van der Waals surface area contributed by atoms with Gasteiger partial charge in [-0.25, -0.2) is 4.79 Å². The van der Waals surface area contributed by atoms with Gasteiger partial charge in [0.1, 0.15) is 0 Å². The summed E-state index contributed by atoms with van der Waals surface area (Å²) in [6.07, 6.45) is 1.46. The first-order chi connectivity index (χ1) is 3.83. The van der Waals surface area contributed by atoms with Crippen molar-refractivity contribution in [2.24, 2.45) is 0 Å². The van der Waals surface area contributed by atoms with Gasteiger partial charge in [0.2, 0.25) is 5.88 Å². The van der Waals surface area contributed by atoms with Crippen molar-refractivity contribution in [1.29, 1.82) is 0 Å². The van der Waals surface area contributed by atoms with E-state index in [0.717, 1.165) is 0 Å². The number of hydrogen-bond donors (Lipinski definition) is 2. The van der Waals surface area contributed by atoms with E-state index in [1.54, 1.807) is 0 Å². The lowest BCUT2D eigenvalue weighted by atomic mass is 10.9. The molecule has 0 aliphatic rings. The van der Waals surface area contributed by atoms with Crippen molar-refractivity contribution in [2.75, 3.05) is 7.11 Å². The third-order valence-electron chi connectivity index (χ3n) is 0.791. The van der Waals surface area contributed by atoms with E-state index in [1.807, 2.05) is 0 Å². The van der Waals surface area contributed by atoms with Crippen molar-refractivity contribution >= 4 is 0 Å². The minimum absolute atomic E-state index is 0.248. The summed E-state index contributed by atoms with van der Waals surface area (Å²) in [5.74, 6) is 0.454. The smallest absolute Gasteiger partial charge is 0.325 e. The van der Waals surface area contributed by atoms with Crippen molar-refractivity contribution < 1.29 is 4.74 Å². The summed E-state index contributed by atoms with van der Waals surface area (Å²) in [6, 6.07) is 0. The molecule has 1 heterocycles. The third-order valence-corrected chi connectivity index (χ3v) is 0.791. The Labute approximate surface area is 45.5 Å². The second-order valence-electron chi connectivity index (χ2n) is 1.31. The average Bonchev–Trinajstić information content (AvgIpc) is 2.14. The molecule has 0 saturated carbocycles. The lowest BCUT2D eigenvalue weighted by Gasteiger charge is -1.86. The Kier molecular flexibility index (Phi) is 1.07. The van der Waals surface area contributed by atoms with Crippen LogP contribution in [0.3, 0.4) is 0 Å². The van der Waals surface area contributed by atoms with Crippen LogP contribution in [0.4, 0.5) is 0 Å². The van der Waals surface area contributed by atoms with Crippen LogP contribution in [0.15, 0.2) is 11.0 Å². The highest BCUT2D eigenvalue weighted by molar-refractivity contribution is 5.00. The highest BCUT2D eigenvalue weighted by atomic mass is 16.5. The molecule has 1 aromatic heterocycles. The van der Waals surface area contributed by atoms with Gasteiger partial charge in [0.05, 0.1) is 13.3 Å². The van der Waals surface area contributed by atoms with Gasteiger partial charge in [-0.1, -0.05) is 0 Å². The molecule has 0 bridgehead atoms. The summed E-state index contributed by atoms with van der Waals surface area (Å²) in [7, 11) is 1.49. The van der Waals surface area contributed by atoms with Crippen molar-refractivity contribution in [3.8, 4) is 5.88 Å². The second kappa shape index (κ2) is 1.73. The van der Waals surface area contributed by atoms with Gasteiger partial charge in [0.25, 0.3) is 0 Å². The maximum absolute atomic E-state index is 10.3. The quantitative estimate of drug-likeness (QED) is 0.527. The van der Waals surface area contributed by atoms with Crippen LogP contribution in [0.2, 0.25) is 0 Å². The number of imidazole rings is 1. The van der Waals surface area contributed by atoms with Gasteiger partial charge in [0.15, 0.2) is 0 Å². The fourth-order valence-corrected chi connectivity index (χ4v) is 0.425. The molecule has 4 nitrogen and oxygen atoms in total. The molecule has 0 fully saturated rings. The fraction of sp³-hybridized carbons (Fsp3) is 0.250. The summed E-state index contributed by atoms with van der Waals surface area (Å²) in [6.45, 7) is 0. The Balaban J connectivity index is 3.01. The number of aromatic amines is 2. The van der Waals surface area contributed by atoms with Crippen LogP contribution in [0.1, 0.15) is 0 Å². The van der Waals surface area contributed by atoms with Gasteiger partial charge < -0.3 is 9.72 Å². The van der Waals surface area contributed by atoms with Crippen LogP contribution < -0.4 is 10.4 Å². The number of ether oxygens (including phenoxy) is 1. The molecule has 0 aliphatic carbocycles. The predicted molar refractivity (Wildman–Crippen MR) is 28.0 cm³/mol. The van der Waals surface area contributed by atoms with E-state index in [4.69, 9.17) is 0 Å². The van der Waals surface area contributed by atoms with E-state index in [-0.39, 0.29) is 5.69 Å². The first-order valence-electron chi connectivity index (χ1n) is 2.14. The second-order valence-corrected chi connectivity index (χ2v) is 1.31. The van der Waals surface area contributed by atoms with Gasteiger partial charge in [-0.05, 0) is 0 Å². The molecular formula is C4H6N2O2. The summed E-state index contributed by atoms with van der Waals surface area (Å²) >= 11 is 0. The first kappa shape index (κ1) is 4.96. The Hall–Kier alpha value is -1.19. The zero-order valence-corrected chi connectivity index (χ0v) is 4.39. The molecule has 0 aliphatic heterocycles. The maximum Gasteiger partial charge on any atom is 0.325 e. The van der Waals surface area contributed by atoms with Gasteiger partial charge >= 0.3 is 5.69 Å². The first-order valence-corrected chi connectivity index (χ1v) is 2.14. The minimum Gasteiger partial charge on any atom is -0.481 e. The fourth-order valence-electron chi connectivity index (χ4n) is 0.425. The third kappa shape index (κ3) is 0.726. The van der Waals surface area contributed by atoms with Crippen molar-refractivity contribution in [1.82, 2.24) is 9.97 Å². The molecule has 0 saturated heterocycles. The molecule has 2 N–H and O–H groups in total. The number of H-pyrrole nitrogens is 2. The number of methoxy groups -OCH3 is 1. The Morgan fingerprint density at radius 3 is 2.75 bits per heavy atom. The van der Waals surface area contributed by atoms with Crippen LogP contribution in [0, 0.1) is 0 Å².